The minimum atomic E-state index is -3.72. The van der Waals surface area contributed by atoms with Crippen LogP contribution in [0.2, 0.25) is 0 Å². The van der Waals surface area contributed by atoms with Gasteiger partial charge in [0.2, 0.25) is 0 Å². The van der Waals surface area contributed by atoms with Crippen LogP contribution in [0, 0.1) is 13.8 Å². The zero-order chi connectivity index (χ0) is 20.9. The fraction of sp³-hybridized carbons (Fsp3) is 0.381. The van der Waals surface area contributed by atoms with E-state index in [1.54, 1.807) is 6.07 Å². The Kier molecular flexibility index (Phi) is 6.76. The summed E-state index contributed by atoms with van der Waals surface area (Å²) in [6, 6.07) is 11.6. The Morgan fingerprint density at radius 1 is 1.17 bits per heavy atom. The topological polar surface area (TPSA) is 93.7 Å². The SMILES string of the molecule is Cc1ccc(C)c(NS(=O)(=O)c2ccc(OCC(=O)NC[C@H]3CCCO3)cc2)c1. The molecule has 0 radical (unpaired) electrons. The molecule has 1 fully saturated rings. The van der Waals surface area contributed by atoms with Crippen molar-refractivity contribution in [3.05, 3.63) is 53.6 Å². The molecular formula is C21H26N2O5S. The first-order valence-corrected chi connectivity index (χ1v) is 11.0. The molecule has 156 valence electrons. The quantitative estimate of drug-likeness (QED) is 0.688. The summed E-state index contributed by atoms with van der Waals surface area (Å²) < 4.78 is 38.7. The zero-order valence-electron chi connectivity index (χ0n) is 16.6. The lowest BCUT2D eigenvalue weighted by Gasteiger charge is -2.13. The van der Waals surface area contributed by atoms with Crippen LogP contribution in [0.4, 0.5) is 5.69 Å². The highest BCUT2D eigenvalue weighted by Crippen LogP contribution is 2.22. The summed E-state index contributed by atoms with van der Waals surface area (Å²) >= 11 is 0. The first-order chi connectivity index (χ1) is 13.8. The minimum Gasteiger partial charge on any atom is -0.484 e. The van der Waals surface area contributed by atoms with Crippen LogP contribution < -0.4 is 14.8 Å². The molecule has 1 saturated heterocycles. The van der Waals surface area contributed by atoms with Crippen LogP contribution >= 0.6 is 0 Å². The molecule has 0 bridgehead atoms. The Bertz CT molecular complexity index is 952. The van der Waals surface area contributed by atoms with Crippen LogP contribution in [-0.4, -0.2) is 40.2 Å². The molecule has 0 aromatic heterocycles. The fourth-order valence-electron chi connectivity index (χ4n) is 3.00. The third-order valence-corrected chi connectivity index (χ3v) is 6.07. The van der Waals surface area contributed by atoms with E-state index in [1.165, 1.54) is 24.3 Å². The van der Waals surface area contributed by atoms with Crippen molar-refractivity contribution in [2.75, 3.05) is 24.5 Å². The number of sulfonamides is 1. The van der Waals surface area contributed by atoms with Gasteiger partial charge in [0.05, 0.1) is 16.7 Å². The average molecular weight is 419 g/mol. The van der Waals surface area contributed by atoms with Gasteiger partial charge in [-0.25, -0.2) is 8.42 Å². The number of anilines is 1. The van der Waals surface area contributed by atoms with Crippen LogP contribution in [0.5, 0.6) is 5.75 Å². The number of hydrogen-bond acceptors (Lipinski definition) is 5. The van der Waals surface area contributed by atoms with E-state index in [-0.39, 0.29) is 23.5 Å². The van der Waals surface area contributed by atoms with E-state index < -0.39 is 10.0 Å². The molecule has 0 aliphatic carbocycles. The molecule has 1 heterocycles. The lowest BCUT2D eigenvalue weighted by atomic mass is 10.1. The minimum absolute atomic E-state index is 0.0768. The summed E-state index contributed by atoms with van der Waals surface area (Å²) in [5, 5.41) is 2.77. The molecule has 8 heteroatoms. The van der Waals surface area contributed by atoms with Crippen LogP contribution in [0.1, 0.15) is 24.0 Å². The van der Waals surface area contributed by atoms with Gasteiger partial charge in [-0.15, -0.1) is 0 Å². The van der Waals surface area contributed by atoms with Crippen molar-refractivity contribution in [3.8, 4) is 5.75 Å². The van der Waals surface area contributed by atoms with Crippen molar-refractivity contribution in [1.29, 1.82) is 0 Å². The molecule has 1 aliphatic rings. The normalized spacial score (nSPS) is 16.4. The Balaban J connectivity index is 1.54. The van der Waals surface area contributed by atoms with Crippen molar-refractivity contribution in [2.24, 2.45) is 0 Å². The van der Waals surface area contributed by atoms with E-state index in [2.05, 4.69) is 10.0 Å². The maximum absolute atomic E-state index is 12.6. The lowest BCUT2D eigenvalue weighted by Crippen LogP contribution is -2.35. The fourth-order valence-corrected chi connectivity index (χ4v) is 4.12. The predicted molar refractivity (Wildman–Crippen MR) is 111 cm³/mol. The molecule has 2 aromatic carbocycles. The van der Waals surface area contributed by atoms with Crippen molar-refractivity contribution < 1.29 is 22.7 Å². The molecule has 29 heavy (non-hydrogen) atoms. The molecule has 2 N–H and O–H groups in total. The Morgan fingerprint density at radius 2 is 1.93 bits per heavy atom. The highest BCUT2D eigenvalue weighted by Gasteiger charge is 2.17. The lowest BCUT2D eigenvalue weighted by molar-refractivity contribution is -0.123. The number of amides is 1. The summed E-state index contributed by atoms with van der Waals surface area (Å²) in [7, 11) is -3.72. The van der Waals surface area contributed by atoms with Crippen molar-refractivity contribution in [2.45, 2.75) is 37.7 Å². The number of nitrogens with one attached hydrogen (secondary N) is 2. The van der Waals surface area contributed by atoms with E-state index in [0.29, 0.717) is 18.0 Å². The summed E-state index contributed by atoms with van der Waals surface area (Å²) in [4.78, 5) is 12.0. The van der Waals surface area contributed by atoms with Gasteiger partial charge in [-0.2, -0.15) is 0 Å². The maximum atomic E-state index is 12.6. The van der Waals surface area contributed by atoms with Gasteiger partial charge in [0, 0.05) is 13.2 Å². The van der Waals surface area contributed by atoms with Gasteiger partial charge in [-0.3, -0.25) is 9.52 Å². The number of rotatable bonds is 8. The van der Waals surface area contributed by atoms with Crippen LogP contribution in [0.25, 0.3) is 0 Å². The standard InChI is InChI=1S/C21H26N2O5S/c1-15-5-6-16(2)20(12-15)23-29(25,26)19-9-7-17(8-10-19)28-14-21(24)22-13-18-4-3-11-27-18/h5-10,12,18,23H,3-4,11,13-14H2,1-2H3,(H,22,24)/t18-/m1/s1. The first kappa shape index (κ1) is 21.1. The summed E-state index contributed by atoms with van der Waals surface area (Å²) in [5.74, 6) is 0.178. The largest absolute Gasteiger partial charge is 0.484 e. The molecule has 0 saturated carbocycles. The third kappa shape index (κ3) is 5.95. The highest BCUT2D eigenvalue weighted by atomic mass is 32.2. The molecule has 1 amide bonds. The zero-order valence-corrected chi connectivity index (χ0v) is 17.4. The summed E-state index contributed by atoms with van der Waals surface area (Å²) in [5.41, 5.74) is 2.36. The van der Waals surface area contributed by atoms with E-state index in [9.17, 15) is 13.2 Å². The van der Waals surface area contributed by atoms with E-state index in [0.717, 1.165) is 30.6 Å². The van der Waals surface area contributed by atoms with Crippen LogP contribution in [0.15, 0.2) is 47.4 Å². The number of hydrogen-bond donors (Lipinski definition) is 2. The second-order valence-electron chi connectivity index (χ2n) is 7.12. The maximum Gasteiger partial charge on any atom is 0.261 e. The van der Waals surface area contributed by atoms with Crippen molar-refractivity contribution in [3.63, 3.8) is 0 Å². The van der Waals surface area contributed by atoms with Gasteiger partial charge >= 0.3 is 0 Å². The highest BCUT2D eigenvalue weighted by molar-refractivity contribution is 7.92. The Labute approximate surface area is 171 Å². The van der Waals surface area contributed by atoms with Gasteiger partial charge in [-0.1, -0.05) is 12.1 Å². The molecule has 1 atom stereocenters. The van der Waals surface area contributed by atoms with E-state index >= 15 is 0 Å². The summed E-state index contributed by atoms with van der Waals surface area (Å²) in [6.45, 7) is 4.83. The molecular weight excluding hydrogens is 392 g/mol. The smallest absolute Gasteiger partial charge is 0.261 e. The van der Waals surface area contributed by atoms with Gasteiger partial charge in [0.1, 0.15) is 5.75 Å². The van der Waals surface area contributed by atoms with Gasteiger partial charge < -0.3 is 14.8 Å². The van der Waals surface area contributed by atoms with Crippen LogP contribution in [0.3, 0.4) is 0 Å². The van der Waals surface area contributed by atoms with E-state index in [1.807, 2.05) is 26.0 Å². The molecule has 7 nitrogen and oxygen atoms in total. The molecule has 0 unspecified atom stereocenters. The predicted octanol–water partition coefficient (Wildman–Crippen LogP) is 2.78. The molecule has 0 spiro atoms. The van der Waals surface area contributed by atoms with Gasteiger partial charge in [0.25, 0.3) is 15.9 Å². The van der Waals surface area contributed by atoms with Crippen LogP contribution in [-0.2, 0) is 19.6 Å². The van der Waals surface area contributed by atoms with Crippen molar-refractivity contribution in [1.82, 2.24) is 5.32 Å². The number of ether oxygens (including phenoxy) is 2. The summed E-state index contributed by atoms with van der Waals surface area (Å²) in [6.07, 6.45) is 2.05. The Morgan fingerprint density at radius 3 is 2.62 bits per heavy atom. The number of carbonyl (C=O) groups excluding carboxylic acids is 1. The van der Waals surface area contributed by atoms with Gasteiger partial charge in [0.15, 0.2) is 6.61 Å². The number of benzene rings is 2. The van der Waals surface area contributed by atoms with Gasteiger partial charge in [-0.05, 0) is 68.1 Å². The molecule has 2 aromatic rings. The van der Waals surface area contributed by atoms with E-state index in [4.69, 9.17) is 9.47 Å². The molecule has 3 rings (SSSR count). The second kappa shape index (κ2) is 9.28. The molecule has 1 aliphatic heterocycles. The number of carbonyl (C=O) groups is 1. The Hall–Kier alpha value is -2.58. The third-order valence-electron chi connectivity index (χ3n) is 4.69. The first-order valence-electron chi connectivity index (χ1n) is 9.55. The van der Waals surface area contributed by atoms with Crippen molar-refractivity contribution >= 4 is 21.6 Å². The number of aryl methyl sites for hydroxylation is 2. The monoisotopic (exact) mass is 418 g/mol. The second-order valence-corrected chi connectivity index (χ2v) is 8.81. The average Bonchev–Trinajstić information content (AvgIpc) is 3.21.